The molecule has 0 saturated carbocycles. The average Bonchev–Trinajstić information content (AvgIpc) is 2.23. The topological polar surface area (TPSA) is 66.4 Å². The molecule has 0 saturated heterocycles. The van der Waals surface area contributed by atoms with E-state index >= 15 is 0 Å². The summed E-state index contributed by atoms with van der Waals surface area (Å²) in [6, 6.07) is 0. The minimum atomic E-state index is -6.66. The maximum atomic E-state index is 12.6. The Bertz CT molecular complexity index is 408. The molecule has 130 valence electrons. The number of rotatable bonds is 5. The molecule has 0 aliphatic heterocycles. The number of halogens is 8. The van der Waals surface area contributed by atoms with Crippen LogP contribution in [0.15, 0.2) is 0 Å². The van der Waals surface area contributed by atoms with Gasteiger partial charge in [0.15, 0.2) is 6.17 Å². The largest absolute Gasteiger partial charge is 0.434 e. The highest BCUT2D eigenvalue weighted by Gasteiger charge is 2.69. The zero-order valence-corrected chi connectivity index (χ0v) is 11.5. The molecule has 0 aliphatic carbocycles. The van der Waals surface area contributed by atoms with E-state index in [2.05, 4.69) is 5.32 Å². The quantitative estimate of drug-likeness (QED) is 0.588. The second-order valence-corrected chi connectivity index (χ2v) is 5.20. The fourth-order valence-electron chi connectivity index (χ4n) is 0.826. The predicted octanol–water partition coefficient (Wildman–Crippen LogP) is 2.62. The van der Waals surface area contributed by atoms with Gasteiger partial charge in [0.2, 0.25) is 0 Å². The molecule has 0 amide bonds. The Morgan fingerprint density at radius 2 is 1.38 bits per heavy atom. The summed E-state index contributed by atoms with van der Waals surface area (Å²) in [5.41, 5.74) is 0. The monoisotopic (exact) mass is 355 g/mol. The standard InChI is InChI=1S/C6H6F8O3S.C2H7N/c7-3(1-2-4(8,9)10)5(11,12)6(13,14)18(15,16)17;1-3-2/h3H,1-2H2,(H,15,16,17);3H,1-2H3. The van der Waals surface area contributed by atoms with Crippen molar-refractivity contribution in [3.05, 3.63) is 0 Å². The summed E-state index contributed by atoms with van der Waals surface area (Å²) in [5, 5.41) is -3.47. The minimum Gasteiger partial charge on any atom is -0.323 e. The molecule has 0 rings (SSSR count). The van der Waals surface area contributed by atoms with Crippen LogP contribution >= 0.6 is 0 Å². The molecule has 1 unspecified atom stereocenters. The van der Waals surface area contributed by atoms with Crippen molar-refractivity contribution >= 4 is 10.1 Å². The van der Waals surface area contributed by atoms with E-state index in [0.29, 0.717) is 0 Å². The second-order valence-electron chi connectivity index (χ2n) is 3.74. The van der Waals surface area contributed by atoms with Crippen LogP contribution in [-0.2, 0) is 10.1 Å². The Kier molecular flexibility index (Phi) is 8.11. The van der Waals surface area contributed by atoms with E-state index in [1.165, 1.54) is 0 Å². The normalized spacial score (nSPS) is 15.2. The van der Waals surface area contributed by atoms with Crippen molar-refractivity contribution < 1.29 is 48.1 Å². The molecule has 0 aromatic rings. The number of nitrogens with one attached hydrogen (secondary N) is 1. The van der Waals surface area contributed by atoms with Gasteiger partial charge in [-0.25, -0.2) is 4.39 Å². The van der Waals surface area contributed by atoms with Crippen molar-refractivity contribution in [3.8, 4) is 0 Å². The van der Waals surface area contributed by atoms with Crippen molar-refractivity contribution in [1.82, 2.24) is 5.32 Å². The molecule has 2 N–H and O–H groups in total. The van der Waals surface area contributed by atoms with Gasteiger partial charge in [0.1, 0.15) is 0 Å². The molecule has 13 heteroatoms. The number of hydrogen-bond acceptors (Lipinski definition) is 3. The van der Waals surface area contributed by atoms with E-state index in [4.69, 9.17) is 4.55 Å². The van der Waals surface area contributed by atoms with E-state index in [0.717, 1.165) is 0 Å². The van der Waals surface area contributed by atoms with Gasteiger partial charge in [0, 0.05) is 6.42 Å². The zero-order chi connectivity index (χ0) is 17.7. The molecule has 0 fully saturated rings. The average molecular weight is 355 g/mol. The maximum absolute atomic E-state index is 12.6. The molecular formula is C8H13F8NO3S. The summed E-state index contributed by atoms with van der Waals surface area (Å²) in [6.07, 6.45) is -13.4. The molecule has 4 nitrogen and oxygen atoms in total. The van der Waals surface area contributed by atoms with E-state index in [1.807, 2.05) is 14.1 Å². The Morgan fingerprint density at radius 3 is 1.62 bits per heavy atom. The highest BCUT2D eigenvalue weighted by Crippen LogP contribution is 2.43. The van der Waals surface area contributed by atoms with Crippen LogP contribution in [0.25, 0.3) is 0 Å². The van der Waals surface area contributed by atoms with E-state index in [9.17, 15) is 43.5 Å². The Hall–Kier alpha value is -0.690. The predicted molar refractivity (Wildman–Crippen MR) is 56.6 cm³/mol. The van der Waals surface area contributed by atoms with Crippen LogP contribution in [-0.4, -0.2) is 50.6 Å². The molecule has 0 bridgehead atoms. The molecule has 0 radical (unpaired) electrons. The molecule has 1 atom stereocenters. The highest BCUT2D eigenvalue weighted by molar-refractivity contribution is 7.87. The van der Waals surface area contributed by atoms with Gasteiger partial charge in [-0.2, -0.15) is 39.2 Å². The lowest BCUT2D eigenvalue weighted by Gasteiger charge is -2.26. The van der Waals surface area contributed by atoms with Crippen molar-refractivity contribution in [2.45, 2.75) is 36.4 Å². The molecule has 0 aliphatic rings. The molecule has 0 aromatic heterocycles. The second kappa shape index (κ2) is 7.54. The van der Waals surface area contributed by atoms with Gasteiger partial charge in [-0.05, 0) is 20.5 Å². The third-order valence-electron chi connectivity index (χ3n) is 1.79. The van der Waals surface area contributed by atoms with Crippen LogP contribution in [0, 0.1) is 0 Å². The summed E-state index contributed by atoms with van der Waals surface area (Å²) in [6.45, 7) is 0. The Labute approximate surface area is 115 Å². The third kappa shape index (κ3) is 6.74. The molecule has 0 heterocycles. The lowest BCUT2D eigenvalue weighted by molar-refractivity contribution is -0.206. The first-order valence-corrected chi connectivity index (χ1v) is 6.50. The summed E-state index contributed by atoms with van der Waals surface area (Å²) >= 11 is 0. The van der Waals surface area contributed by atoms with Crippen LogP contribution < -0.4 is 5.32 Å². The maximum Gasteiger partial charge on any atom is 0.434 e. The van der Waals surface area contributed by atoms with Gasteiger partial charge in [-0.15, -0.1) is 0 Å². The lowest BCUT2D eigenvalue weighted by atomic mass is 10.1. The van der Waals surface area contributed by atoms with Gasteiger partial charge < -0.3 is 5.32 Å². The van der Waals surface area contributed by atoms with Crippen molar-refractivity contribution in [2.75, 3.05) is 14.1 Å². The van der Waals surface area contributed by atoms with Crippen LogP contribution in [0.3, 0.4) is 0 Å². The Balaban J connectivity index is 0. The van der Waals surface area contributed by atoms with E-state index in [1.54, 1.807) is 0 Å². The third-order valence-corrected chi connectivity index (χ3v) is 2.71. The van der Waals surface area contributed by atoms with E-state index in [-0.39, 0.29) is 0 Å². The molecule has 0 aromatic carbocycles. The van der Waals surface area contributed by atoms with Crippen LogP contribution in [0.4, 0.5) is 35.1 Å². The summed E-state index contributed by atoms with van der Waals surface area (Å²) in [7, 11) is -2.91. The Morgan fingerprint density at radius 1 is 1.05 bits per heavy atom. The minimum absolute atomic E-state index is 1.88. The number of alkyl halides is 8. The highest BCUT2D eigenvalue weighted by atomic mass is 32.2. The smallest absolute Gasteiger partial charge is 0.323 e. The molecule has 21 heavy (non-hydrogen) atoms. The van der Waals surface area contributed by atoms with Crippen molar-refractivity contribution in [2.24, 2.45) is 0 Å². The fourth-order valence-corrected chi connectivity index (χ4v) is 1.30. The number of hydrogen-bond donors (Lipinski definition) is 2. The van der Waals surface area contributed by atoms with Crippen molar-refractivity contribution in [3.63, 3.8) is 0 Å². The summed E-state index contributed by atoms with van der Waals surface area (Å²) in [5.74, 6) is -5.98. The zero-order valence-electron chi connectivity index (χ0n) is 10.7. The van der Waals surface area contributed by atoms with Gasteiger partial charge in [0.05, 0.1) is 0 Å². The first-order valence-electron chi connectivity index (χ1n) is 5.06. The molecular weight excluding hydrogens is 342 g/mol. The summed E-state index contributed by atoms with van der Waals surface area (Å²) < 4.78 is 125. The van der Waals surface area contributed by atoms with Crippen molar-refractivity contribution in [1.29, 1.82) is 0 Å². The SMILES string of the molecule is CNC.O=S(=O)(O)C(F)(F)C(F)(F)C(F)CCC(F)(F)F. The first kappa shape index (κ1) is 22.6. The first-order chi connectivity index (χ1) is 9.04. The van der Waals surface area contributed by atoms with Gasteiger partial charge >= 0.3 is 27.5 Å². The summed E-state index contributed by atoms with van der Waals surface area (Å²) in [4.78, 5) is 0. The van der Waals surface area contributed by atoms with Gasteiger partial charge in [-0.3, -0.25) is 4.55 Å². The lowest BCUT2D eigenvalue weighted by Crippen LogP contribution is -2.52. The fraction of sp³-hybridized carbons (Fsp3) is 1.00. The van der Waals surface area contributed by atoms with Crippen LogP contribution in [0.5, 0.6) is 0 Å². The molecule has 0 spiro atoms. The van der Waals surface area contributed by atoms with Gasteiger partial charge in [0.25, 0.3) is 0 Å². The van der Waals surface area contributed by atoms with Crippen LogP contribution in [0.2, 0.25) is 0 Å². The van der Waals surface area contributed by atoms with Crippen LogP contribution in [0.1, 0.15) is 12.8 Å². The van der Waals surface area contributed by atoms with E-state index < -0.39 is 46.5 Å². The van der Waals surface area contributed by atoms with Gasteiger partial charge in [-0.1, -0.05) is 0 Å².